The van der Waals surface area contributed by atoms with Crippen molar-refractivity contribution in [1.29, 1.82) is 0 Å². The Balaban J connectivity index is 1.90. The molecule has 0 spiro atoms. The SMILES string of the molecule is CC(C)C[C@H](NC(=O)c1ccc(Cl)c(Cl)c1)C(=O)N(Cc1ccccc1)[C@@H]1CCCNCC1=O. The van der Waals surface area contributed by atoms with Gasteiger partial charge < -0.3 is 15.5 Å². The maximum atomic E-state index is 13.9. The van der Waals surface area contributed by atoms with E-state index in [1.54, 1.807) is 17.0 Å². The van der Waals surface area contributed by atoms with Crippen molar-refractivity contribution in [2.24, 2.45) is 5.92 Å². The third-order valence-corrected chi connectivity index (χ3v) is 6.59. The van der Waals surface area contributed by atoms with Gasteiger partial charge in [-0.3, -0.25) is 14.4 Å². The molecule has 2 atom stereocenters. The Morgan fingerprint density at radius 1 is 1.12 bits per heavy atom. The van der Waals surface area contributed by atoms with Crippen molar-refractivity contribution >= 4 is 40.8 Å². The summed E-state index contributed by atoms with van der Waals surface area (Å²) < 4.78 is 0. The summed E-state index contributed by atoms with van der Waals surface area (Å²) in [5.74, 6) is -0.536. The fraction of sp³-hybridized carbons (Fsp3) is 0.423. The maximum absolute atomic E-state index is 13.9. The van der Waals surface area contributed by atoms with Crippen LogP contribution in [0.5, 0.6) is 0 Å². The number of hydrogen-bond donors (Lipinski definition) is 2. The Labute approximate surface area is 211 Å². The largest absolute Gasteiger partial charge is 0.340 e. The minimum absolute atomic E-state index is 0.0131. The lowest BCUT2D eigenvalue weighted by molar-refractivity contribution is -0.142. The molecule has 8 heteroatoms. The second kappa shape index (κ2) is 12.3. The highest BCUT2D eigenvalue weighted by Crippen LogP contribution is 2.23. The molecule has 1 saturated heterocycles. The van der Waals surface area contributed by atoms with E-state index in [-0.39, 0.29) is 29.2 Å². The van der Waals surface area contributed by atoms with Crippen LogP contribution in [0.25, 0.3) is 0 Å². The first-order valence-corrected chi connectivity index (χ1v) is 12.4. The molecule has 0 radical (unpaired) electrons. The first-order chi connectivity index (χ1) is 16.3. The number of amides is 2. The van der Waals surface area contributed by atoms with Crippen LogP contribution in [-0.2, 0) is 16.1 Å². The van der Waals surface area contributed by atoms with E-state index < -0.39 is 18.0 Å². The van der Waals surface area contributed by atoms with E-state index in [9.17, 15) is 14.4 Å². The van der Waals surface area contributed by atoms with E-state index >= 15 is 0 Å². The van der Waals surface area contributed by atoms with Gasteiger partial charge in [0.05, 0.1) is 22.6 Å². The van der Waals surface area contributed by atoms with Crippen molar-refractivity contribution < 1.29 is 14.4 Å². The smallest absolute Gasteiger partial charge is 0.251 e. The molecular formula is C26H31Cl2N3O3. The average molecular weight is 504 g/mol. The number of halogens is 2. The van der Waals surface area contributed by atoms with Gasteiger partial charge in [0.15, 0.2) is 5.78 Å². The Bertz CT molecular complexity index is 1010. The summed E-state index contributed by atoms with van der Waals surface area (Å²) >= 11 is 12.1. The van der Waals surface area contributed by atoms with Crippen molar-refractivity contribution in [2.45, 2.75) is 51.7 Å². The zero-order valence-corrected chi connectivity index (χ0v) is 21.0. The molecular weight excluding hydrogens is 473 g/mol. The molecule has 2 aromatic rings. The van der Waals surface area contributed by atoms with Crippen LogP contribution < -0.4 is 10.6 Å². The molecule has 0 aliphatic carbocycles. The summed E-state index contributed by atoms with van der Waals surface area (Å²) in [5, 5.41) is 6.63. The summed E-state index contributed by atoms with van der Waals surface area (Å²) in [6.45, 7) is 5.25. The topological polar surface area (TPSA) is 78.5 Å². The number of nitrogens with zero attached hydrogens (tertiary/aromatic N) is 1. The Morgan fingerprint density at radius 3 is 2.53 bits per heavy atom. The van der Waals surface area contributed by atoms with E-state index in [0.717, 1.165) is 18.5 Å². The average Bonchev–Trinajstić information content (AvgIpc) is 3.03. The van der Waals surface area contributed by atoms with Gasteiger partial charge in [0, 0.05) is 12.1 Å². The molecule has 0 bridgehead atoms. The zero-order valence-electron chi connectivity index (χ0n) is 19.5. The lowest BCUT2D eigenvalue weighted by Crippen LogP contribution is -2.54. The van der Waals surface area contributed by atoms with E-state index in [1.807, 2.05) is 44.2 Å². The lowest BCUT2D eigenvalue weighted by atomic mass is 9.98. The monoisotopic (exact) mass is 503 g/mol. The van der Waals surface area contributed by atoms with Crippen LogP contribution in [0.15, 0.2) is 48.5 Å². The second-order valence-corrected chi connectivity index (χ2v) is 9.85. The highest BCUT2D eigenvalue weighted by molar-refractivity contribution is 6.42. The van der Waals surface area contributed by atoms with Gasteiger partial charge in [-0.25, -0.2) is 0 Å². The van der Waals surface area contributed by atoms with Crippen molar-refractivity contribution in [3.8, 4) is 0 Å². The van der Waals surface area contributed by atoms with Crippen LogP contribution in [-0.4, -0.2) is 47.7 Å². The zero-order chi connectivity index (χ0) is 24.7. The number of rotatable bonds is 8. The summed E-state index contributed by atoms with van der Waals surface area (Å²) in [6, 6.07) is 12.9. The fourth-order valence-electron chi connectivity index (χ4n) is 4.13. The molecule has 1 heterocycles. The van der Waals surface area contributed by atoms with E-state index in [0.29, 0.717) is 30.0 Å². The van der Waals surface area contributed by atoms with Gasteiger partial charge in [-0.2, -0.15) is 0 Å². The minimum Gasteiger partial charge on any atom is -0.340 e. The summed E-state index contributed by atoms with van der Waals surface area (Å²) in [6.07, 6.45) is 1.81. The third-order valence-electron chi connectivity index (χ3n) is 5.85. The molecule has 6 nitrogen and oxygen atoms in total. The summed E-state index contributed by atoms with van der Waals surface area (Å²) in [5.41, 5.74) is 1.25. The molecule has 1 fully saturated rings. The van der Waals surface area contributed by atoms with Gasteiger partial charge in [-0.1, -0.05) is 67.4 Å². The molecule has 2 N–H and O–H groups in total. The minimum atomic E-state index is -0.783. The van der Waals surface area contributed by atoms with E-state index in [4.69, 9.17) is 23.2 Å². The van der Waals surface area contributed by atoms with Crippen LogP contribution >= 0.6 is 23.2 Å². The normalized spacial score (nSPS) is 17.2. The number of carbonyl (C=O) groups excluding carboxylic acids is 3. The van der Waals surface area contributed by atoms with Crippen LogP contribution in [0.4, 0.5) is 0 Å². The standard InChI is InChI=1S/C26H31Cl2N3O3/c1-17(2)13-22(30-25(33)19-10-11-20(27)21(28)14-19)26(34)31(16-18-7-4-3-5-8-18)23-9-6-12-29-15-24(23)32/h3-5,7-8,10-11,14,17,22-23,29H,6,9,12-13,15-16H2,1-2H3,(H,30,33)/t22-,23+/m0/s1. The van der Waals surface area contributed by atoms with Crippen molar-refractivity contribution in [3.63, 3.8) is 0 Å². The third kappa shape index (κ3) is 7.05. The quantitative estimate of drug-likeness (QED) is 0.556. The molecule has 3 rings (SSSR count). The second-order valence-electron chi connectivity index (χ2n) is 9.04. The Hall–Kier alpha value is -2.41. The predicted molar refractivity (Wildman–Crippen MR) is 135 cm³/mol. The molecule has 1 aliphatic rings. The van der Waals surface area contributed by atoms with Gasteiger partial charge in [0.2, 0.25) is 5.91 Å². The van der Waals surface area contributed by atoms with Gasteiger partial charge >= 0.3 is 0 Å². The van der Waals surface area contributed by atoms with Crippen LogP contribution in [0, 0.1) is 5.92 Å². The Kier molecular flexibility index (Phi) is 9.51. The fourth-order valence-corrected chi connectivity index (χ4v) is 4.43. The van der Waals surface area contributed by atoms with E-state index in [1.165, 1.54) is 6.07 Å². The molecule has 0 unspecified atom stereocenters. The first kappa shape index (κ1) is 26.2. The van der Waals surface area contributed by atoms with Crippen LogP contribution in [0.3, 0.4) is 0 Å². The molecule has 0 aromatic heterocycles. The highest BCUT2D eigenvalue weighted by atomic mass is 35.5. The van der Waals surface area contributed by atoms with Crippen LogP contribution in [0.2, 0.25) is 10.0 Å². The van der Waals surface area contributed by atoms with Gasteiger partial charge in [0.1, 0.15) is 6.04 Å². The molecule has 182 valence electrons. The van der Waals surface area contributed by atoms with Crippen molar-refractivity contribution in [2.75, 3.05) is 13.1 Å². The van der Waals surface area contributed by atoms with E-state index in [2.05, 4.69) is 10.6 Å². The lowest BCUT2D eigenvalue weighted by Gasteiger charge is -2.34. The summed E-state index contributed by atoms with van der Waals surface area (Å²) in [4.78, 5) is 41.5. The number of Topliss-reactive ketones (excluding diaryl/α,β-unsaturated/α-hetero) is 1. The highest BCUT2D eigenvalue weighted by Gasteiger charge is 2.35. The molecule has 0 saturated carbocycles. The number of carbonyl (C=O) groups is 3. The molecule has 34 heavy (non-hydrogen) atoms. The molecule has 2 amide bonds. The van der Waals surface area contributed by atoms with Crippen LogP contribution in [0.1, 0.15) is 49.0 Å². The molecule has 2 aromatic carbocycles. The first-order valence-electron chi connectivity index (χ1n) is 11.6. The molecule has 1 aliphatic heterocycles. The Morgan fingerprint density at radius 2 is 1.85 bits per heavy atom. The van der Waals surface area contributed by atoms with Gasteiger partial charge in [-0.05, 0) is 55.5 Å². The van der Waals surface area contributed by atoms with Crippen molar-refractivity contribution in [3.05, 3.63) is 69.7 Å². The maximum Gasteiger partial charge on any atom is 0.251 e. The predicted octanol–water partition coefficient (Wildman–Crippen LogP) is 4.49. The number of hydrogen-bond acceptors (Lipinski definition) is 4. The number of benzene rings is 2. The van der Waals surface area contributed by atoms with Gasteiger partial charge in [-0.15, -0.1) is 0 Å². The summed E-state index contributed by atoms with van der Waals surface area (Å²) in [7, 11) is 0. The number of nitrogens with one attached hydrogen (secondary N) is 2. The number of ketones is 1. The van der Waals surface area contributed by atoms with Crippen molar-refractivity contribution in [1.82, 2.24) is 15.5 Å². The van der Waals surface area contributed by atoms with Gasteiger partial charge in [0.25, 0.3) is 5.91 Å².